The summed E-state index contributed by atoms with van der Waals surface area (Å²) in [7, 11) is 3.10. The average molecular weight is 422 g/mol. The fourth-order valence-electron chi connectivity index (χ4n) is 2.99. The topological polar surface area (TPSA) is 71.0 Å². The molecule has 0 fully saturated rings. The molecular weight excluding hydrogens is 403 g/mol. The van der Waals surface area contributed by atoms with Crippen LogP contribution in [0.25, 0.3) is 0 Å². The van der Waals surface area contributed by atoms with Gasteiger partial charge in [0.15, 0.2) is 0 Å². The van der Waals surface area contributed by atoms with Crippen LogP contribution in [-0.4, -0.2) is 44.4 Å². The molecule has 2 unspecified atom stereocenters. The summed E-state index contributed by atoms with van der Waals surface area (Å²) in [6.45, 7) is 0.424. The van der Waals surface area contributed by atoms with Gasteiger partial charge in [-0.1, -0.05) is 35.9 Å². The highest BCUT2D eigenvalue weighted by Gasteiger charge is 2.31. The minimum Gasteiger partial charge on any atom is -0.755 e. The zero-order valence-corrected chi connectivity index (χ0v) is 16.9. The van der Waals surface area contributed by atoms with E-state index in [1.807, 2.05) is 18.2 Å². The van der Waals surface area contributed by atoms with Crippen LogP contribution in [0.3, 0.4) is 0 Å². The largest absolute Gasteiger partial charge is 0.755 e. The summed E-state index contributed by atoms with van der Waals surface area (Å²) >= 11 is 3.60. The van der Waals surface area contributed by atoms with E-state index in [4.69, 9.17) is 11.6 Å². The monoisotopic (exact) mass is 421 g/mol. The fraction of sp³-hybridized carbons (Fsp3) is 0.211. The fourth-order valence-corrected chi connectivity index (χ4v) is 3.31. The molecule has 0 saturated heterocycles. The molecule has 1 aliphatic heterocycles. The van der Waals surface area contributed by atoms with Crippen molar-refractivity contribution in [2.24, 2.45) is 5.10 Å². The Morgan fingerprint density at radius 1 is 1.39 bits per heavy atom. The molecule has 3 rings (SSSR count). The van der Waals surface area contributed by atoms with Crippen molar-refractivity contribution < 1.29 is 13.2 Å². The van der Waals surface area contributed by atoms with Crippen molar-refractivity contribution in [3.63, 3.8) is 0 Å². The summed E-state index contributed by atoms with van der Waals surface area (Å²) in [4.78, 5) is 0. The maximum absolute atomic E-state index is 13.8. The number of halogens is 2. The summed E-state index contributed by atoms with van der Waals surface area (Å²) in [6.07, 6.45) is 1.43. The third-order valence-electron chi connectivity index (χ3n) is 4.38. The van der Waals surface area contributed by atoms with Gasteiger partial charge in [0, 0.05) is 36.3 Å². The van der Waals surface area contributed by atoms with E-state index in [1.54, 1.807) is 30.3 Å². The molecule has 0 aromatic heterocycles. The smallest absolute Gasteiger partial charge is 0.139 e. The van der Waals surface area contributed by atoms with Crippen LogP contribution in [0.15, 0.2) is 65.7 Å². The molecule has 6 nitrogen and oxygen atoms in total. The van der Waals surface area contributed by atoms with Gasteiger partial charge in [0.2, 0.25) is 0 Å². The average Bonchev–Trinajstić information content (AvgIpc) is 3.11. The van der Waals surface area contributed by atoms with Gasteiger partial charge in [-0.15, -0.1) is 0 Å². The standard InChI is InChI=1S/C19H20ClFN4O2S/c1-22-18(12-24(2)28(26)27)25-11-17(14-4-3-5-16(21)10-14)19(23-25)13-6-8-15(20)9-7-13/h3-10,12,17,22H,11H2,1-2H3,(H,26,27)/p-1. The minimum atomic E-state index is -2.40. The second kappa shape index (κ2) is 8.72. The van der Waals surface area contributed by atoms with Gasteiger partial charge in [-0.3, -0.25) is 4.21 Å². The van der Waals surface area contributed by atoms with E-state index >= 15 is 0 Å². The van der Waals surface area contributed by atoms with E-state index in [0.717, 1.165) is 21.1 Å². The van der Waals surface area contributed by atoms with Crippen LogP contribution < -0.4 is 5.32 Å². The van der Waals surface area contributed by atoms with Crippen LogP contribution in [0.1, 0.15) is 17.0 Å². The van der Waals surface area contributed by atoms with Gasteiger partial charge in [-0.2, -0.15) is 5.10 Å². The summed E-state index contributed by atoms with van der Waals surface area (Å²) in [6, 6.07) is 13.7. The highest BCUT2D eigenvalue weighted by atomic mass is 35.5. The number of hydrogen-bond donors (Lipinski definition) is 1. The Bertz CT molecular complexity index is 936. The number of hydrazone groups is 1. The first-order valence-corrected chi connectivity index (χ1v) is 9.89. The van der Waals surface area contributed by atoms with Gasteiger partial charge in [0.25, 0.3) is 0 Å². The molecule has 0 aliphatic carbocycles. The van der Waals surface area contributed by atoms with Crippen molar-refractivity contribution >= 4 is 28.6 Å². The summed E-state index contributed by atoms with van der Waals surface area (Å²) in [5.41, 5.74) is 2.39. The van der Waals surface area contributed by atoms with Crippen molar-refractivity contribution in [2.75, 3.05) is 20.6 Å². The summed E-state index contributed by atoms with van der Waals surface area (Å²) < 4.78 is 37.2. The van der Waals surface area contributed by atoms with Crippen LogP contribution >= 0.6 is 11.6 Å². The molecule has 0 radical (unpaired) electrons. The maximum Gasteiger partial charge on any atom is 0.139 e. The van der Waals surface area contributed by atoms with Crippen LogP contribution in [0.2, 0.25) is 5.02 Å². The van der Waals surface area contributed by atoms with Crippen LogP contribution in [0, 0.1) is 5.82 Å². The van der Waals surface area contributed by atoms with Crippen LogP contribution in [0.5, 0.6) is 0 Å². The molecule has 2 aromatic carbocycles. The molecular formula is C19H19ClFN4O2S-. The lowest BCUT2D eigenvalue weighted by Gasteiger charge is -2.23. The van der Waals surface area contributed by atoms with E-state index in [0.29, 0.717) is 17.4 Å². The summed E-state index contributed by atoms with van der Waals surface area (Å²) in [5, 5.41) is 9.93. The number of rotatable bonds is 6. The van der Waals surface area contributed by atoms with Crippen molar-refractivity contribution in [3.8, 4) is 0 Å². The van der Waals surface area contributed by atoms with Gasteiger partial charge < -0.3 is 14.2 Å². The first kappa shape index (κ1) is 20.3. The first-order chi connectivity index (χ1) is 13.4. The Kier molecular flexibility index (Phi) is 6.33. The predicted octanol–water partition coefficient (Wildman–Crippen LogP) is 3.03. The lowest BCUT2D eigenvalue weighted by molar-refractivity contribution is 0.357. The van der Waals surface area contributed by atoms with Crippen molar-refractivity contribution in [1.82, 2.24) is 14.6 Å². The van der Waals surface area contributed by atoms with Gasteiger partial charge in [-0.25, -0.2) is 9.40 Å². The van der Waals surface area contributed by atoms with Gasteiger partial charge >= 0.3 is 0 Å². The zero-order valence-electron chi connectivity index (χ0n) is 15.3. The van der Waals surface area contributed by atoms with Gasteiger partial charge in [0.05, 0.1) is 18.5 Å². The molecule has 1 heterocycles. The number of nitrogens with one attached hydrogen (secondary N) is 1. The van der Waals surface area contributed by atoms with E-state index in [2.05, 4.69) is 10.4 Å². The van der Waals surface area contributed by atoms with Gasteiger partial charge in [0.1, 0.15) is 11.6 Å². The lowest BCUT2D eigenvalue weighted by Crippen LogP contribution is -2.28. The molecule has 0 amide bonds. The van der Waals surface area contributed by atoms with Crippen molar-refractivity contribution in [3.05, 3.63) is 82.5 Å². The van der Waals surface area contributed by atoms with E-state index in [9.17, 15) is 13.2 Å². The van der Waals surface area contributed by atoms with Crippen molar-refractivity contribution in [1.29, 1.82) is 0 Å². The SMILES string of the molecule is CNC(=CN(C)S(=O)[O-])N1CC(c2cccc(F)c2)C(c2ccc(Cl)cc2)=N1. The number of hydrogen-bond acceptors (Lipinski definition) is 5. The maximum atomic E-state index is 13.8. The van der Waals surface area contributed by atoms with E-state index in [-0.39, 0.29) is 11.7 Å². The predicted molar refractivity (Wildman–Crippen MR) is 108 cm³/mol. The molecule has 0 bridgehead atoms. The Morgan fingerprint density at radius 3 is 2.71 bits per heavy atom. The first-order valence-electron chi connectivity index (χ1n) is 8.48. The molecule has 0 spiro atoms. The van der Waals surface area contributed by atoms with Crippen LogP contribution in [-0.2, 0) is 11.3 Å². The second-order valence-electron chi connectivity index (χ2n) is 6.21. The zero-order chi connectivity index (χ0) is 20.3. The third-order valence-corrected chi connectivity index (χ3v) is 5.21. The highest BCUT2D eigenvalue weighted by Crippen LogP contribution is 2.31. The highest BCUT2D eigenvalue weighted by molar-refractivity contribution is 7.76. The van der Waals surface area contributed by atoms with E-state index in [1.165, 1.54) is 25.4 Å². The number of benzene rings is 2. The molecule has 28 heavy (non-hydrogen) atoms. The molecule has 2 aromatic rings. The normalized spacial score (nSPS) is 18.0. The Labute approximate surface area is 170 Å². The second-order valence-corrected chi connectivity index (χ2v) is 7.66. The molecule has 0 saturated carbocycles. The third kappa shape index (κ3) is 4.52. The Hall–Kier alpha value is -2.42. The quantitative estimate of drug-likeness (QED) is 0.728. The minimum absolute atomic E-state index is 0.198. The Balaban J connectivity index is 2.02. The molecule has 148 valence electrons. The summed E-state index contributed by atoms with van der Waals surface area (Å²) in [5.74, 6) is -0.0222. The molecule has 9 heteroatoms. The molecule has 1 aliphatic rings. The van der Waals surface area contributed by atoms with E-state index < -0.39 is 11.3 Å². The van der Waals surface area contributed by atoms with Crippen LogP contribution in [0.4, 0.5) is 4.39 Å². The molecule has 1 N–H and O–H groups in total. The Morgan fingerprint density at radius 2 is 2.11 bits per heavy atom. The lowest BCUT2D eigenvalue weighted by atomic mass is 9.90. The van der Waals surface area contributed by atoms with Gasteiger partial charge in [-0.05, 0) is 35.4 Å². The molecule has 2 atom stereocenters. The number of nitrogens with zero attached hydrogens (tertiary/aromatic N) is 3. The van der Waals surface area contributed by atoms with Crippen molar-refractivity contribution in [2.45, 2.75) is 5.92 Å².